The Labute approximate surface area is 135 Å². The van der Waals surface area contributed by atoms with E-state index in [1.54, 1.807) is 25.6 Å². The molecule has 3 aromatic rings. The topological polar surface area (TPSA) is 99.5 Å². The number of methoxy groups -OCH3 is 1. The van der Waals surface area contributed by atoms with Crippen LogP contribution in [0.4, 0.5) is 5.13 Å². The van der Waals surface area contributed by atoms with Crippen LogP contribution in [0.2, 0.25) is 0 Å². The quantitative estimate of drug-likeness (QED) is 0.437. The van der Waals surface area contributed by atoms with Gasteiger partial charge in [0.1, 0.15) is 11.4 Å². The summed E-state index contributed by atoms with van der Waals surface area (Å²) in [4.78, 5) is 4.66. The molecule has 1 aromatic carbocycles. The fraction of sp³-hybridized carbons (Fsp3) is 0.143. The van der Waals surface area contributed by atoms with Crippen molar-refractivity contribution in [2.24, 2.45) is 5.10 Å². The highest BCUT2D eigenvalue weighted by molar-refractivity contribution is 7.14. The molecule has 118 valence electrons. The predicted octanol–water partition coefficient (Wildman–Crippen LogP) is 2.19. The second-order valence-corrected chi connectivity index (χ2v) is 5.40. The number of ether oxygens (including phenoxy) is 1. The van der Waals surface area contributed by atoms with Gasteiger partial charge in [-0.3, -0.25) is 10.1 Å². The van der Waals surface area contributed by atoms with Crippen LogP contribution in [0.5, 0.6) is 5.75 Å². The molecule has 9 heteroatoms. The predicted molar refractivity (Wildman–Crippen MR) is 85.5 cm³/mol. The number of benzene rings is 1. The van der Waals surface area contributed by atoms with Crippen molar-refractivity contribution in [1.29, 1.82) is 0 Å². The molecule has 0 unspecified atom stereocenters. The molecule has 23 heavy (non-hydrogen) atoms. The maximum absolute atomic E-state index is 11.2. The second-order valence-electron chi connectivity index (χ2n) is 4.55. The summed E-state index contributed by atoms with van der Waals surface area (Å²) in [6.07, 6.45) is 1.67. The van der Waals surface area contributed by atoms with Gasteiger partial charge in [0.2, 0.25) is 10.8 Å². The Hall–Kier alpha value is -2.94. The lowest BCUT2D eigenvalue weighted by Gasteiger charge is -1.98. The maximum Gasteiger partial charge on any atom is 0.270 e. The summed E-state index contributed by atoms with van der Waals surface area (Å²) in [5, 5.41) is 21.4. The van der Waals surface area contributed by atoms with E-state index in [1.165, 1.54) is 11.3 Å². The first kappa shape index (κ1) is 15.0. The number of hydrogen-bond donors (Lipinski definition) is 1. The van der Waals surface area contributed by atoms with Gasteiger partial charge in [-0.1, -0.05) is 0 Å². The molecule has 0 amide bonds. The van der Waals surface area contributed by atoms with Crippen molar-refractivity contribution in [2.45, 2.75) is 6.92 Å². The van der Waals surface area contributed by atoms with E-state index in [4.69, 9.17) is 4.74 Å². The number of nitrogens with one attached hydrogen (secondary N) is 1. The molecule has 0 atom stereocenters. The van der Waals surface area contributed by atoms with Crippen LogP contribution in [0.15, 0.2) is 39.4 Å². The van der Waals surface area contributed by atoms with Crippen molar-refractivity contribution in [3.63, 3.8) is 0 Å². The molecule has 0 radical (unpaired) electrons. The molecule has 0 bridgehead atoms. The zero-order chi connectivity index (χ0) is 16.2. The average molecular weight is 331 g/mol. The molecule has 2 heterocycles. The van der Waals surface area contributed by atoms with E-state index in [0.717, 1.165) is 11.3 Å². The zero-order valence-electron chi connectivity index (χ0n) is 12.4. The second kappa shape index (κ2) is 6.44. The molecule has 0 aliphatic carbocycles. The average Bonchev–Trinajstić information content (AvgIpc) is 3.16. The van der Waals surface area contributed by atoms with Crippen molar-refractivity contribution in [3.05, 3.63) is 46.1 Å². The zero-order valence-corrected chi connectivity index (χ0v) is 13.2. The first-order valence-electron chi connectivity index (χ1n) is 6.62. The van der Waals surface area contributed by atoms with E-state index in [9.17, 15) is 5.21 Å². The molecule has 2 aromatic heterocycles. The maximum atomic E-state index is 11.2. The summed E-state index contributed by atoms with van der Waals surface area (Å²) in [5.74, 6) is 0.790. The van der Waals surface area contributed by atoms with E-state index < -0.39 is 0 Å². The van der Waals surface area contributed by atoms with Crippen LogP contribution in [-0.4, -0.2) is 23.5 Å². The van der Waals surface area contributed by atoms with E-state index in [-0.39, 0.29) is 0 Å². The number of thiazole rings is 1. The van der Waals surface area contributed by atoms with Gasteiger partial charge in [0.15, 0.2) is 0 Å². The molecular formula is C14H13N5O3S. The van der Waals surface area contributed by atoms with Crippen molar-refractivity contribution < 1.29 is 14.3 Å². The van der Waals surface area contributed by atoms with E-state index in [0.29, 0.717) is 27.1 Å². The van der Waals surface area contributed by atoms with Gasteiger partial charge in [0, 0.05) is 17.5 Å². The molecule has 0 aliphatic heterocycles. The van der Waals surface area contributed by atoms with Gasteiger partial charge in [-0.25, -0.2) is 4.98 Å². The minimum absolute atomic E-state index is 0.351. The third-order valence-corrected chi connectivity index (χ3v) is 3.81. The fourth-order valence-corrected chi connectivity index (χ4v) is 2.45. The van der Waals surface area contributed by atoms with Crippen LogP contribution in [0.3, 0.4) is 0 Å². The molecule has 1 N–H and O–H groups in total. The van der Waals surface area contributed by atoms with Gasteiger partial charge < -0.3 is 9.94 Å². The monoisotopic (exact) mass is 331 g/mol. The van der Waals surface area contributed by atoms with Crippen LogP contribution < -0.4 is 15.1 Å². The number of hydrazone groups is 1. The van der Waals surface area contributed by atoms with Crippen LogP contribution in [0, 0.1) is 12.1 Å². The lowest BCUT2D eigenvalue weighted by atomic mass is 10.2. The van der Waals surface area contributed by atoms with E-state index >= 15 is 0 Å². The van der Waals surface area contributed by atoms with Gasteiger partial charge >= 0.3 is 0 Å². The SMILES string of the molecule is COc1ccc(/C=N/Nc2nc(-c3no[n+]([O-])c3C)cs2)cc1. The molecule has 0 fully saturated rings. The molecule has 0 saturated carbocycles. The highest BCUT2D eigenvalue weighted by Crippen LogP contribution is 2.24. The Morgan fingerprint density at radius 1 is 1.39 bits per heavy atom. The minimum Gasteiger partial charge on any atom is -0.497 e. The number of nitrogens with zero attached hydrogens (tertiary/aromatic N) is 4. The van der Waals surface area contributed by atoms with Gasteiger partial charge in [-0.05, 0) is 34.7 Å². The van der Waals surface area contributed by atoms with Gasteiger partial charge in [0.25, 0.3) is 5.69 Å². The fourth-order valence-electron chi connectivity index (χ4n) is 1.81. The molecule has 0 spiro atoms. The summed E-state index contributed by atoms with van der Waals surface area (Å²) in [5.41, 5.74) is 5.11. The summed E-state index contributed by atoms with van der Waals surface area (Å²) in [6.45, 7) is 1.62. The lowest BCUT2D eigenvalue weighted by molar-refractivity contribution is -0.806. The standard InChI is InChI=1S/C14H13N5O3S/c1-9-13(18-22-19(9)20)12-8-23-14(16-12)17-15-7-10-3-5-11(21-2)6-4-10/h3-8H,1-2H3,(H,16,17)/b15-7+. The van der Waals surface area contributed by atoms with Gasteiger partial charge in [-0.2, -0.15) is 5.10 Å². The largest absolute Gasteiger partial charge is 0.497 e. The number of hydrogen-bond acceptors (Lipinski definition) is 8. The first-order valence-corrected chi connectivity index (χ1v) is 7.50. The van der Waals surface area contributed by atoms with Crippen LogP contribution in [-0.2, 0) is 0 Å². The van der Waals surface area contributed by atoms with Crippen molar-refractivity contribution >= 4 is 22.7 Å². The van der Waals surface area contributed by atoms with Gasteiger partial charge in [-0.15, -0.1) is 11.3 Å². The van der Waals surface area contributed by atoms with Crippen LogP contribution in [0.25, 0.3) is 11.4 Å². The third-order valence-electron chi connectivity index (χ3n) is 3.06. The summed E-state index contributed by atoms with van der Waals surface area (Å²) >= 11 is 1.35. The highest BCUT2D eigenvalue weighted by atomic mass is 32.1. The van der Waals surface area contributed by atoms with Crippen molar-refractivity contribution in [2.75, 3.05) is 12.5 Å². The van der Waals surface area contributed by atoms with Crippen LogP contribution >= 0.6 is 11.3 Å². The first-order chi connectivity index (χ1) is 11.2. The Bertz CT molecular complexity index is 825. The molecular weight excluding hydrogens is 318 g/mol. The molecule has 3 rings (SSSR count). The Balaban J connectivity index is 1.67. The smallest absolute Gasteiger partial charge is 0.270 e. The number of anilines is 1. The van der Waals surface area contributed by atoms with E-state index in [1.807, 2.05) is 24.3 Å². The minimum atomic E-state index is 0.351. The van der Waals surface area contributed by atoms with Crippen molar-refractivity contribution in [1.82, 2.24) is 10.1 Å². The Kier molecular flexibility index (Phi) is 4.20. The summed E-state index contributed by atoms with van der Waals surface area (Å²) in [7, 11) is 1.62. The molecule has 0 saturated heterocycles. The summed E-state index contributed by atoms with van der Waals surface area (Å²) < 4.78 is 9.63. The number of aromatic nitrogens is 3. The number of rotatable bonds is 5. The van der Waals surface area contributed by atoms with E-state index in [2.05, 4.69) is 25.3 Å². The lowest BCUT2D eigenvalue weighted by Crippen LogP contribution is -2.25. The van der Waals surface area contributed by atoms with Crippen molar-refractivity contribution in [3.8, 4) is 17.1 Å². The Morgan fingerprint density at radius 2 is 2.17 bits per heavy atom. The summed E-state index contributed by atoms with van der Waals surface area (Å²) in [6, 6.07) is 7.49. The molecule has 8 nitrogen and oxygen atoms in total. The molecule has 0 aliphatic rings. The van der Waals surface area contributed by atoms with Gasteiger partial charge in [0.05, 0.1) is 13.3 Å². The highest BCUT2D eigenvalue weighted by Gasteiger charge is 2.19. The normalized spacial score (nSPS) is 11.0. The Morgan fingerprint density at radius 3 is 2.83 bits per heavy atom. The third kappa shape index (κ3) is 3.29. The van der Waals surface area contributed by atoms with Crippen LogP contribution in [0.1, 0.15) is 11.3 Å².